The third-order valence-electron chi connectivity index (χ3n) is 4.61. The van der Waals surface area contributed by atoms with Crippen LogP contribution in [0.1, 0.15) is 5.56 Å². The Balaban J connectivity index is 1.99. The molecule has 126 valence electrons. The van der Waals surface area contributed by atoms with E-state index in [0.29, 0.717) is 11.3 Å². The van der Waals surface area contributed by atoms with E-state index in [1.54, 1.807) is 12.1 Å². The van der Waals surface area contributed by atoms with Crippen molar-refractivity contribution in [3.05, 3.63) is 52.4 Å². The predicted molar refractivity (Wildman–Crippen MR) is 86.7 cm³/mol. The molecule has 0 spiro atoms. The number of phenols is 1. The van der Waals surface area contributed by atoms with Gasteiger partial charge in [-0.15, -0.1) is 0 Å². The first-order valence-electron chi connectivity index (χ1n) is 7.57. The highest BCUT2D eigenvalue weighted by Crippen LogP contribution is 2.52. The highest BCUT2D eigenvalue weighted by Gasteiger charge is 2.53. The maximum absolute atomic E-state index is 13.0. The molecule has 0 bridgehead atoms. The fourth-order valence-electron chi connectivity index (χ4n) is 3.49. The van der Waals surface area contributed by atoms with E-state index in [4.69, 9.17) is 18.6 Å². The van der Waals surface area contributed by atoms with Crippen molar-refractivity contribution in [2.75, 3.05) is 7.11 Å². The Hall–Kier alpha value is -3.19. The molecule has 5 rings (SSSR count). The summed E-state index contributed by atoms with van der Waals surface area (Å²) in [7, 11) is 1.39. The Morgan fingerprint density at radius 1 is 1.24 bits per heavy atom. The van der Waals surface area contributed by atoms with Crippen molar-refractivity contribution >= 4 is 21.9 Å². The number of aromatic hydroxyl groups is 1. The molecule has 0 aliphatic carbocycles. The Bertz CT molecular complexity index is 1140. The SMILES string of the molecule is COc1c2c(cc3oc4cccc(O)c4c(=O)c13)O[C@@H]1OC=C[C@]21O. The van der Waals surface area contributed by atoms with E-state index in [0.717, 1.165) is 0 Å². The molecule has 25 heavy (non-hydrogen) atoms. The predicted octanol–water partition coefficient (Wildman–Crippen LogP) is 2.11. The van der Waals surface area contributed by atoms with Gasteiger partial charge in [-0.3, -0.25) is 4.79 Å². The second-order valence-corrected chi connectivity index (χ2v) is 5.95. The normalized spacial score (nSPS) is 23.4. The minimum atomic E-state index is -1.56. The van der Waals surface area contributed by atoms with Crippen LogP contribution >= 0.6 is 0 Å². The highest BCUT2D eigenvalue weighted by atomic mass is 16.7. The van der Waals surface area contributed by atoms with Crippen LogP contribution in [0.4, 0.5) is 0 Å². The van der Waals surface area contributed by atoms with E-state index < -0.39 is 17.3 Å². The zero-order chi connectivity index (χ0) is 17.3. The summed E-state index contributed by atoms with van der Waals surface area (Å²) in [5, 5.41) is 21.1. The fourth-order valence-corrected chi connectivity index (χ4v) is 3.49. The topological polar surface area (TPSA) is 98.4 Å². The molecule has 1 aromatic heterocycles. The van der Waals surface area contributed by atoms with Gasteiger partial charge >= 0.3 is 0 Å². The van der Waals surface area contributed by atoms with Crippen molar-refractivity contribution in [1.82, 2.24) is 0 Å². The summed E-state index contributed by atoms with van der Waals surface area (Å²) in [5.74, 6) is 0.253. The quantitative estimate of drug-likeness (QED) is 0.655. The van der Waals surface area contributed by atoms with Crippen molar-refractivity contribution in [2.24, 2.45) is 0 Å². The monoisotopic (exact) mass is 340 g/mol. The first-order valence-corrected chi connectivity index (χ1v) is 7.57. The van der Waals surface area contributed by atoms with Gasteiger partial charge < -0.3 is 28.8 Å². The van der Waals surface area contributed by atoms with E-state index in [-0.39, 0.29) is 33.4 Å². The lowest BCUT2D eigenvalue weighted by Crippen LogP contribution is -2.33. The average molecular weight is 340 g/mol. The molecule has 3 heterocycles. The molecule has 7 nitrogen and oxygen atoms in total. The summed E-state index contributed by atoms with van der Waals surface area (Å²) in [4.78, 5) is 13.0. The van der Waals surface area contributed by atoms with Gasteiger partial charge in [0.2, 0.25) is 5.43 Å². The summed E-state index contributed by atoms with van der Waals surface area (Å²) in [5.41, 5.74) is -1.25. The number of benzene rings is 2. The van der Waals surface area contributed by atoms with Gasteiger partial charge in [0, 0.05) is 6.07 Å². The Morgan fingerprint density at radius 2 is 2.08 bits per heavy atom. The first-order chi connectivity index (χ1) is 12.0. The third-order valence-corrected chi connectivity index (χ3v) is 4.61. The minimum absolute atomic E-state index is 0.0499. The molecule has 0 unspecified atom stereocenters. The first kappa shape index (κ1) is 14.2. The maximum Gasteiger partial charge on any atom is 0.277 e. The number of fused-ring (bicyclic) bond motifs is 5. The van der Waals surface area contributed by atoms with Crippen LogP contribution in [0, 0.1) is 0 Å². The van der Waals surface area contributed by atoms with Crippen molar-refractivity contribution in [1.29, 1.82) is 0 Å². The average Bonchev–Trinajstić information content (AvgIpc) is 3.06. The molecule has 0 radical (unpaired) electrons. The van der Waals surface area contributed by atoms with Gasteiger partial charge in [0.15, 0.2) is 5.60 Å². The summed E-state index contributed by atoms with van der Waals surface area (Å²) in [6.07, 6.45) is 1.83. The molecule has 2 N–H and O–H groups in total. The zero-order valence-electron chi connectivity index (χ0n) is 13.0. The van der Waals surface area contributed by atoms with Crippen LogP contribution in [0.2, 0.25) is 0 Å². The van der Waals surface area contributed by atoms with E-state index in [1.807, 2.05) is 0 Å². The molecule has 0 fully saturated rings. The van der Waals surface area contributed by atoms with Crippen molar-refractivity contribution in [3.63, 3.8) is 0 Å². The van der Waals surface area contributed by atoms with Crippen LogP contribution in [-0.4, -0.2) is 23.6 Å². The van der Waals surface area contributed by atoms with Crippen molar-refractivity contribution < 1.29 is 28.8 Å². The molecule has 2 aliphatic heterocycles. The summed E-state index contributed by atoms with van der Waals surface area (Å²) >= 11 is 0. The third kappa shape index (κ3) is 1.60. The van der Waals surface area contributed by atoms with Crippen LogP contribution in [0.15, 0.2) is 45.8 Å². The summed E-state index contributed by atoms with van der Waals surface area (Å²) < 4.78 is 22.1. The molecular weight excluding hydrogens is 328 g/mol. The number of rotatable bonds is 1. The van der Waals surface area contributed by atoms with Gasteiger partial charge in [-0.05, 0) is 18.2 Å². The van der Waals surface area contributed by atoms with E-state index in [9.17, 15) is 15.0 Å². The summed E-state index contributed by atoms with van der Waals surface area (Å²) in [6, 6.07) is 6.10. The summed E-state index contributed by atoms with van der Waals surface area (Å²) in [6.45, 7) is 0. The number of aliphatic hydroxyl groups is 1. The molecule has 0 amide bonds. The molecule has 2 aromatic carbocycles. The molecule has 2 aliphatic rings. The molecule has 0 saturated carbocycles. The van der Waals surface area contributed by atoms with Crippen LogP contribution in [-0.2, 0) is 10.3 Å². The molecule has 3 aromatic rings. The van der Waals surface area contributed by atoms with E-state index in [2.05, 4.69) is 0 Å². The van der Waals surface area contributed by atoms with E-state index >= 15 is 0 Å². The number of hydrogen-bond donors (Lipinski definition) is 2. The van der Waals surface area contributed by atoms with Crippen molar-refractivity contribution in [2.45, 2.75) is 11.9 Å². The number of ether oxygens (including phenoxy) is 3. The van der Waals surface area contributed by atoms with Gasteiger partial charge in [0.25, 0.3) is 6.29 Å². The van der Waals surface area contributed by atoms with Gasteiger partial charge in [0.1, 0.15) is 39.2 Å². The van der Waals surface area contributed by atoms with Gasteiger partial charge in [-0.25, -0.2) is 0 Å². The number of phenolic OH excluding ortho intramolecular Hbond substituents is 1. The van der Waals surface area contributed by atoms with Gasteiger partial charge in [0.05, 0.1) is 18.9 Å². The molecule has 0 saturated heterocycles. The Morgan fingerprint density at radius 3 is 2.88 bits per heavy atom. The highest BCUT2D eigenvalue weighted by molar-refractivity contribution is 5.97. The largest absolute Gasteiger partial charge is 0.507 e. The smallest absolute Gasteiger partial charge is 0.277 e. The van der Waals surface area contributed by atoms with E-state index in [1.165, 1.54) is 31.6 Å². The second-order valence-electron chi connectivity index (χ2n) is 5.95. The van der Waals surface area contributed by atoms with Crippen LogP contribution in [0.3, 0.4) is 0 Å². The second kappa shape index (κ2) is 4.46. The maximum atomic E-state index is 13.0. The van der Waals surface area contributed by atoms with Crippen LogP contribution in [0.25, 0.3) is 21.9 Å². The number of methoxy groups -OCH3 is 1. The Labute approximate surface area is 140 Å². The Kier molecular flexibility index (Phi) is 2.53. The standard InChI is InChI=1S/C18H12O7/c1-22-16-13-10(24-9-4-2-3-8(19)12(9)15(13)20)7-11-14(16)18(21)5-6-23-17(18)25-11/h2-7,17,19,21H,1H3/t17-,18-/m0/s1. The van der Waals surface area contributed by atoms with Gasteiger partial charge in [-0.1, -0.05) is 6.07 Å². The zero-order valence-corrected chi connectivity index (χ0v) is 13.0. The molecule has 7 heteroatoms. The van der Waals surface area contributed by atoms with Crippen molar-refractivity contribution in [3.8, 4) is 17.2 Å². The minimum Gasteiger partial charge on any atom is -0.507 e. The lowest BCUT2D eigenvalue weighted by molar-refractivity contribution is -0.110. The fraction of sp³-hybridized carbons (Fsp3) is 0.167. The van der Waals surface area contributed by atoms with Crippen LogP contribution in [0.5, 0.6) is 17.2 Å². The molecule has 2 atom stereocenters. The number of hydrogen-bond acceptors (Lipinski definition) is 7. The lowest BCUT2D eigenvalue weighted by atomic mass is 9.92. The van der Waals surface area contributed by atoms with Gasteiger partial charge in [-0.2, -0.15) is 0 Å². The lowest BCUT2D eigenvalue weighted by Gasteiger charge is -2.19. The molecular formula is C18H12O7. The van der Waals surface area contributed by atoms with Crippen LogP contribution < -0.4 is 14.9 Å².